The van der Waals surface area contributed by atoms with Crippen LogP contribution in [0.4, 0.5) is 5.95 Å². The molecule has 5 heteroatoms. The van der Waals surface area contributed by atoms with Crippen molar-refractivity contribution in [1.82, 2.24) is 14.5 Å². The molecule has 2 aromatic heterocycles. The molecule has 0 unspecified atom stereocenters. The van der Waals surface area contributed by atoms with Gasteiger partial charge in [-0.05, 0) is 12.1 Å². The van der Waals surface area contributed by atoms with Gasteiger partial charge in [0, 0.05) is 45.6 Å². The third-order valence-electron chi connectivity index (χ3n) is 3.41. The van der Waals surface area contributed by atoms with Gasteiger partial charge in [0.1, 0.15) is 5.76 Å². The Kier molecular flexibility index (Phi) is 3.06. The van der Waals surface area contributed by atoms with Crippen molar-refractivity contribution in [2.75, 3.05) is 31.1 Å². The Morgan fingerprint density at radius 3 is 2.72 bits per heavy atom. The Labute approximate surface area is 107 Å². The van der Waals surface area contributed by atoms with Crippen molar-refractivity contribution in [1.29, 1.82) is 0 Å². The average Bonchev–Trinajstić information content (AvgIpc) is 3.02. The summed E-state index contributed by atoms with van der Waals surface area (Å²) >= 11 is 0. The summed E-state index contributed by atoms with van der Waals surface area (Å²) in [5.41, 5.74) is 0. The van der Waals surface area contributed by atoms with E-state index in [4.69, 9.17) is 4.42 Å². The zero-order chi connectivity index (χ0) is 12.4. The van der Waals surface area contributed by atoms with Crippen LogP contribution in [0.25, 0.3) is 0 Å². The van der Waals surface area contributed by atoms with Gasteiger partial charge in [0.15, 0.2) is 0 Å². The van der Waals surface area contributed by atoms with Crippen molar-refractivity contribution in [3.63, 3.8) is 0 Å². The molecule has 0 radical (unpaired) electrons. The van der Waals surface area contributed by atoms with Crippen molar-refractivity contribution in [3.8, 4) is 0 Å². The van der Waals surface area contributed by atoms with Crippen molar-refractivity contribution in [3.05, 3.63) is 36.5 Å². The van der Waals surface area contributed by atoms with E-state index in [9.17, 15) is 0 Å². The molecule has 3 heterocycles. The molecule has 0 aromatic carbocycles. The van der Waals surface area contributed by atoms with Gasteiger partial charge in [-0.3, -0.25) is 4.90 Å². The van der Waals surface area contributed by atoms with Crippen LogP contribution in [0.5, 0.6) is 0 Å². The van der Waals surface area contributed by atoms with E-state index in [0.717, 1.165) is 44.4 Å². The molecule has 0 bridgehead atoms. The van der Waals surface area contributed by atoms with Gasteiger partial charge in [-0.1, -0.05) is 0 Å². The smallest absolute Gasteiger partial charge is 0.205 e. The number of hydrogen-bond donors (Lipinski definition) is 0. The maximum absolute atomic E-state index is 5.38. The summed E-state index contributed by atoms with van der Waals surface area (Å²) in [7, 11) is 2.04. The second-order valence-corrected chi connectivity index (χ2v) is 4.68. The van der Waals surface area contributed by atoms with Crippen LogP contribution in [0.3, 0.4) is 0 Å². The predicted octanol–water partition coefficient (Wildman–Crippen LogP) is 1.34. The highest BCUT2D eigenvalue weighted by Gasteiger charge is 2.19. The van der Waals surface area contributed by atoms with Gasteiger partial charge in [-0.25, -0.2) is 4.98 Å². The van der Waals surface area contributed by atoms with E-state index >= 15 is 0 Å². The molecule has 1 saturated heterocycles. The minimum absolute atomic E-state index is 0.904. The standard InChI is InChI=1S/C13H18N4O/c1-15-5-4-14-13(15)17-8-6-16(7-9-17)11-12-3-2-10-18-12/h2-5,10H,6-9,11H2,1H3. The van der Waals surface area contributed by atoms with Crippen LogP contribution in [-0.4, -0.2) is 40.6 Å². The van der Waals surface area contributed by atoms with Crippen LogP contribution in [0, 0.1) is 0 Å². The quantitative estimate of drug-likeness (QED) is 0.819. The number of furan rings is 1. The van der Waals surface area contributed by atoms with Crippen LogP contribution >= 0.6 is 0 Å². The molecular weight excluding hydrogens is 228 g/mol. The number of aryl methyl sites for hydroxylation is 1. The van der Waals surface area contributed by atoms with Gasteiger partial charge >= 0.3 is 0 Å². The first-order valence-corrected chi connectivity index (χ1v) is 6.30. The zero-order valence-electron chi connectivity index (χ0n) is 10.6. The summed E-state index contributed by atoms with van der Waals surface area (Å²) in [6, 6.07) is 3.98. The van der Waals surface area contributed by atoms with E-state index in [-0.39, 0.29) is 0 Å². The maximum atomic E-state index is 5.38. The zero-order valence-corrected chi connectivity index (χ0v) is 10.6. The van der Waals surface area contributed by atoms with Gasteiger partial charge in [0.25, 0.3) is 0 Å². The Morgan fingerprint density at radius 1 is 1.28 bits per heavy atom. The van der Waals surface area contributed by atoms with E-state index in [0.29, 0.717) is 0 Å². The summed E-state index contributed by atoms with van der Waals surface area (Å²) in [5, 5.41) is 0. The Morgan fingerprint density at radius 2 is 2.11 bits per heavy atom. The van der Waals surface area contributed by atoms with Gasteiger partial charge in [0.2, 0.25) is 5.95 Å². The first-order chi connectivity index (χ1) is 8.83. The Bertz CT molecular complexity index is 483. The number of nitrogens with zero attached hydrogens (tertiary/aromatic N) is 4. The summed E-state index contributed by atoms with van der Waals surface area (Å²) in [6.07, 6.45) is 5.58. The average molecular weight is 246 g/mol. The lowest BCUT2D eigenvalue weighted by Gasteiger charge is -2.34. The molecule has 1 aliphatic heterocycles. The van der Waals surface area contributed by atoms with Crippen LogP contribution in [0.1, 0.15) is 5.76 Å². The third-order valence-corrected chi connectivity index (χ3v) is 3.41. The predicted molar refractivity (Wildman–Crippen MR) is 69.4 cm³/mol. The van der Waals surface area contributed by atoms with Crippen LogP contribution < -0.4 is 4.90 Å². The van der Waals surface area contributed by atoms with Crippen LogP contribution in [0.15, 0.2) is 35.2 Å². The molecule has 0 amide bonds. The molecule has 1 fully saturated rings. The molecule has 0 saturated carbocycles. The number of aromatic nitrogens is 2. The number of rotatable bonds is 3. The van der Waals surface area contributed by atoms with E-state index < -0.39 is 0 Å². The molecule has 0 N–H and O–H groups in total. The second kappa shape index (κ2) is 4.86. The number of anilines is 1. The monoisotopic (exact) mass is 246 g/mol. The minimum Gasteiger partial charge on any atom is -0.468 e. The molecule has 0 aliphatic carbocycles. The number of imidazole rings is 1. The summed E-state index contributed by atoms with van der Waals surface area (Å²) < 4.78 is 7.45. The number of hydrogen-bond acceptors (Lipinski definition) is 4. The number of piperazine rings is 1. The van der Waals surface area contributed by atoms with Crippen molar-refractivity contribution in [2.24, 2.45) is 7.05 Å². The Balaban J connectivity index is 1.57. The van der Waals surface area contributed by atoms with E-state index in [1.165, 1.54) is 0 Å². The Hall–Kier alpha value is -1.75. The van der Waals surface area contributed by atoms with E-state index in [1.807, 2.05) is 31.6 Å². The van der Waals surface area contributed by atoms with Gasteiger partial charge in [-0.15, -0.1) is 0 Å². The highest BCUT2D eigenvalue weighted by atomic mass is 16.3. The molecule has 2 aromatic rings. The first-order valence-electron chi connectivity index (χ1n) is 6.30. The van der Waals surface area contributed by atoms with E-state index in [2.05, 4.69) is 19.4 Å². The molecule has 96 valence electrons. The SMILES string of the molecule is Cn1ccnc1N1CCN(Cc2ccco2)CC1. The summed E-state index contributed by atoms with van der Waals surface area (Å²) in [4.78, 5) is 9.14. The maximum Gasteiger partial charge on any atom is 0.205 e. The fourth-order valence-corrected chi connectivity index (χ4v) is 2.39. The molecular formula is C13H18N4O. The van der Waals surface area contributed by atoms with Gasteiger partial charge in [-0.2, -0.15) is 0 Å². The largest absolute Gasteiger partial charge is 0.468 e. The topological polar surface area (TPSA) is 37.4 Å². The van der Waals surface area contributed by atoms with Crippen molar-refractivity contribution in [2.45, 2.75) is 6.54 Å². The molecule has 5 nitrogen and oxygen atoms in total. The first kappa shape index (κ1) is 11.3. The minimum atomic E-state index is 0.904. The van der Waals surface area contributed by atoms with Crippen molar-refractivity contribution >= 4 is 5.95 Å². The fourth-order valence-electron chi connectivity index (χ4n) is 2.39. The van der Waals surface area contributed by atoms with Crippen LogP contribution in [-0.2, 0) is 13.6 Å². The fraction of sp³-hybridized carbons (Fsp3) is 0.462. The second-order valence-electron chi connectivity index (χ2n) is 4.68. The van der Waals surface area contributed by atoms with Gasteiger partial charge < -0.3 is 13.9 Å². The normalized spacial score (nSPS) is 17.3. The molecule has 1 aliphatic rings. The highest BCUT2D eigenvalue weighted by molar-refractivity contribution is 5.31. The van der Waals surface area contributed by atoms with Crippen molar-refractivity contribution < 1.29 is 4.42 Å². The lowest BCUT2D eigenvalue weighted by Crippen LogP contribution is -2.46. The lowest BCUT2D eigenvalue weighted by molar-refractivity contribution is 0.229. The molecule has 3 rings (SSSR count). The summed E-state index contributed by atoms with van der Waals surface area (Å²) in [6.45, 7) is 5.04. The lowest BCUT2D eigenvalue weighted by atomic mass is 10.3. The summed E-state index contributed by atoms with van der Waals surface area (Å²) in [5.74, 6) is 2.10. The molecule has 0 atom stereocenters. The third kappa shape index (κ3) is 2.26. The van der Waals surface area contributed by atoms with E-state index in [1.54, 1.807) is 6.26 Å². The van der Waals surface area contributed by atoms with Gasteiger partial charge in [0.05, 0.1) is 12.8 Å². The molecule has 18 heavy (non-hydrogen) atoms. The highest BCUT2D eigenvalue weighted by Crippen LogP contribution is 2.14. The van der Waals surface area contributed by atoms with Crippen LogP contribution in [0.2, 0.25) is 0 Å². The molecule has 0 spiro atoms.